The molecule has 1 heterocycles. The van der Waals surface area contributed by atoms with Gasteiger partial charge in [-0.05, 0) is 17.7 Å². The summed E-state index contributed by atoms with van der Waals surface area (Å²) in [6, 6.07) is 15.4. The van der Waals surface area contributed by atoms with Crippen LogP contribution >= 0.6 is 0 Å². The van der Waals surface area contributed by atoms with Gasteiger partial charge in [0.05, 0.1) is 18.2 Å². The van der Waals surface area contributed by atoms with Crippen LogP contribution in [0, 0.1) is 0 Å². The van der Waals surface area contributed by atoms with Gasteiger partial charge >= 0.3 is 5.97 Å². The van der Waals surface area contributed by atoms with E-state index in [1.54, 1.807) is 35.2 Å². The highest BCUT2D eigenvalue weighted by Crippen LogP contribution is 2.29. The number of likely N-dealkylation sites (tertiary alicyclic amines) is 1. The Balaban J connectivity index is 1.96. The van der Waals surface area contributed by atoms with Gasteiger partial charge in [0.1, 0.15) is 18.2 Å². The number of hydrogen-bond acceptors (Lipinski definition) is 7. The molecule has 0 aliphatic carbocycles. The third-order valence-electron chi connectivity index (χ3n) is 5.34. The van der Waals surface area contributed by atoms with E-state index < -0.39 is 48.9 Å². The zero-order valence-corrected chi connectivity index (χ0v) is 16.6. The summed E-state index contributed by atoms with van der Waals surface area (Å²) in [6.07, 6.45) is -4.31. The van der Waals surface area contributed by atoms with E-state index in [9.17, 15) is 24.9 Å². The maximum absolute atomic E-state index is 12.8. The summed E-state index contributed by atoms with van der Waals surface area (Å²) in [5.41, 5.74) is 1.09. The van der Waals surface area contributed by atoms with Gasteiger partial charge in [-0.3, -0.25) is 9.69 Å². The third-order valence-corrected chi connectivity index (χ3v) is 5.34. The molecule has 2 aromatic rings. The number of amides is 1. The quantitative estimate of drug-likeness (QED) is 0.489. The molecule has 160 valence electrons. The standard InChI is InChI=1S/C22H26N2O6/c1-23-21(28)17-20(30-22(29)15-10-6-3-7-11-15)19(27)18(26)16(13-25)24(17)12-14-8-4-2-5-9-14/h2-11,16-20,25-27H,12-13H2,1H3,(H,23,28)/t16-,17+,18-,19+,20-/m1/s1. The number of piperidine rings is 1. The minimum atomic E-state index is -1.55. The number of hydrogen-bond donors (Lipinski definition) is 4. The summed E-state index contributed by atoms with van der Waals surface area (Å²) in [6.45, 7) is -0.286. The van der Waals surface area contributed by atoms with Crippen LogP contribution in [0.1, 0.15) is 15.9 Å². The van der Waals surface area contributed by atoms with Crippen LogP contribution < -0.4 is 5.32 Å². The molecule has 0 radical (unpaired) electrons. The van der Waals surface area contributed by atoms with Crippen molar-refractivity contribution in [3.05, 3.63) is 71.8 Å². The molecular formula is C22H26N2O6. The predicted octanol–water partition coefficient (Wildman–Crippen LogP) is -0.0749. The Morgan fingerprint density at radius 3 is 2.17 bits per heavy atom. The predicted molar refractivity (Wildman–Crippen MR) is 108 cm³/mol. The summed E-state index contributed by atoms with van der Waals surface area (Å²) in [5.74, 6) is -1.22. The number of ether oxygens (including phenoxy) is 1. The molecule has 3 rings (SSSR count). The van der Waals surface area contributed by atoms with Crippen molar-refractivity contribution in [2.75, 3.05) is 13.7 Å². The fraction of sp³-hybridized carbons (Fsp3) is 0.364. The van der Waals surface area contributed by atoms with Crippen molar-refractivity contribution in [3.63, 3.8) is 0 Å². The Morgan fingerprint density at radius 2 is 1.60 bits per heavy atom. The van der Waals surface area contributed by atoms with Gasteiger partial charge in [-0.25, -0.2) is 4.79 Å². The molecule has 0 bridgehead atoms. The van der Waals surface area contributed by atoms with Crippen LogP contribution in [-0.4, -0.2) is 76.1 Å². The van der Waals surface area contributed by atoms with Crippen molar-refractivity contribution in [3.8, 4) is 0 Å². The van der Waals surface area contributed by atoms with E-state index in [1.807, 2.05) is 30.3 Å². The minimum absolute atomic E-state index is 0.202. The number of aliphatic hydroxyl groups excluding tert-OH is 3. The van der Waals surface area contributed by atoms with Crippen LogP contribution in [0.3, 0.4) is 0 Å². The van der Waals surface area contributed by atoms with E-state index in [0.29, 0.717) is 0 Å². The van der Waals surface area contributed by atoms with Gasteiger partial charge in [0, 0.05) is 13.6 Å². The molecule has 8 heteroatoms. The number of likely N-dealkylation sites (N-methyl/N-ethyl adjacent to an activating group) is 1. The lowest BCUT2D eigenvalue weighted by Crippen LogP contribution is -2.70. The summed E-state index contributed by atoms with van der Waals surface area (Å²) in [7, 11) is 1.43. The fourth-order valence-corrected chi connectivity index (χ4v) is 3.77. The molecule has 0 aromatic heterocycles. The zero-order chi connectivity index (χ0) is 21.7. The van der Waals surface area contributed by atoms with Gasteiger partial charge in [0.25, 0.3) is 0 Å². The van der Waals surface area contributed by atoms with Crippen LogP contribution in [0.2, 0.25) is 0 Å². The summed E-state index contributed by atoms with van der Waals surface area (Å²) >= 11 is 0. The second-order valence-electron chi connectivity index (χ2n) is 7.18. The van der Waals surface area contributed by atoms with Crippen LogP contribution in [0.15, 0.2) is 60.7 Å². The molecule has 30 heavy (non-hydrogen) atoms. The molecule has 0 spiro atoms. The highest BCUT2D eigenvalue weighted by atomic mass is 16.6. The highest BCUT2D eigenvalue weighted by Gasteiger charge is 2.52. The number of aliphatic hydroxyl groups is 3. The van der Waals surface area contributed by atoms with Gasteiger partial charge in [0.2, 0.25) is 5.91 Å². The largest absolute Gasteiger partial charge is 0.454 e. The number of carbonyl (C=O) groups is 2. The van der Waals surface area contributed by atoms with Crippen molar-refractivity contribution in [2.45, 2.75) is 36.9 Å². The minimum Gasteiger partial charge on any atom is -0.454 e. The number of rotatable bonds is 6. The zero-order valence-electron chi connectivity index (χ0n) is 16.6. The van der Waals surface area contributed by atoms with Gasteiger partial charge in [-0.15, -0.1) is 0 Å². The fourth-order valence-electron chi connectivity index (χ4n) is 3.77. The lowest BCUT2D eigenvalue weighted by atomic mass is 9.86. The Kier molecular flexibility index (Phi) is 7.17. The number of nitrogens with zero attached hydrogens (tertiary/aromatic N) is 1. The first-order valence-electron chi connectivity index (χ1n) is 9.72. The molecule has 1 aliphatic rings. The lowest BCUT2D eigenvalue weighted by Gasteiger charge is -2.48. The lowest BCUT2D eigenvalue weighted by molar-refractivity contribution is -0.181. The first-order chi connectivity index (χ1) is 14.5. The Morgan fingerprint density at radius 1 is 1.00 bits per heavy atom. The SMILES string of the molecule is CNC(=O)[C@@H]1[C@@H](OC(=O)c2ccccc2)[C@@H](O)[C@H](O)[C@@H](CO)N1Cc1ccccc1. The molecule has 2 aromatic carbocycles. The summed E-state index contributed by atoms with van der Waals surface area (Å²) in [4.78, 5) is 27.0. The van der Waals surface area contributed by atoms with E-state index in [-0.39, 0.29) is 12.1 Å². The Hall–Kier alpha value is -2.78. The van der Waals surface area contributed by atoms with Crippen molar-refractivity contribution in [1.29, 1.82) is 0 Å². The second kappa shape index (κ2) is 9.82. The third kappa shape index (κ3) is 4.52. The normalized spacial score (nSPS) is 26.7. The van der Waals surface area contributed by atoms with Gasteiger partial charge in [-0.1, -0.05) is 48.5 Å². The molecule has 4 N–H and O–H groups in total. The van der Waals surface area contributed by atoms with Gasteiger partial charge in [0.15, 0.2) is 6.10 Å². The molecule has 1 fully saturated rings. The Bertz CT molecular complexity index is 847. The molecule has 1 amide bonds. The number of esters is 1. The van der Waals surface area contributed by atoms with Gasteiger partial charge < -0.3 is 25.4 Å². The summed E-state index contributed by atoms with van der Waals surface area (Å²) < 4.78 is 5.52. The van der Waals surface area contributed by atoms with E-state index >= 15 is 0 Å². The topological polar surface area (TPSA) is 119 Å². The maximum atomic E-state index is 12.8. The summed E-state index contributed by atoms with van der Waals surface area (Å²) in [5, 5.41) is 33.7. The second-order valence-corrected chi connectivity index (χ2v) is 7.18. The van der Waals surface area contributed by atoms with E-state index in [2.05, 4.69) is 5.32 Å². The maximum Gasteiger partial charge on any atom is 0.338 e. The molecule has 0 unspecified atom stereocenters. The van der Waals surface area contributed by atoms with Crippen molar-refractivity contribution >= 4 is 11.9 Å². The van der Waals surface area contributed by atoms with Crippen LogP contribution in [0.25, 0.3) is 0 Å². The number of benzene rings is 2. The van der Waals surface area contributed by atoms with E-state index in [4.69, 9.17) is 4.74 Å². The Labute approximate surface area is 174 Å². The highest BCUT2D eigenvalue weighted by molar-refractivity contribution is 5.90. The smallest absolute Gasteiger partial charge is 0.338 e. The molecule has 1 aliphatic heterocycles. The van der Waals surface area contributed by atoms with Crippen LogP contribution in [0.5, 0.6) is 0 Å². The monoisotopic (exact) mass is 414 g/mol. The molecule has 5 atom stereocenters. The van der Waals surface area contributed by atoms with Gasteiger partial charge in [-0.2, -0.15) is 0 Å². The first kappa shape index (κ1) is 21.9. The average Bonchev–Trinajstić information content (AvgIpc) is 2.78. The molecule has 8 nitrogen and oxygen atoms in total. The van der Waals surface area contributed by atoms with Crippen molar-refractivity contribution < 1.29 is 29.6 Å². The number of carbonyl (C=O) groups excluding carboxylic acids is 2. The van der Waals surface area contributed by atoms with Crippen LogP contribution in [-0.2, 0) is 16.1 Å². The molecule has 1 saturated heterocycles. The van der Waals surface area contributed by atoms with E-state index in [1.165, 1.54) is 7.05 Å². The number of nitrogens with one attached hydrogen (secondary N) is 1. The average molecular weight is 414 g/mol. The molecular weight excluding hydrogens is 388 g/mol. The van der Waals surface area contributed by atoms with Crippen LogP contribution in [0.4, 0.5) is 0 Å². The van der Waals surface area contributed by atoms with Crippen molar-refractivity contribution in [2.24, 2.45) is 0 Å². The van der Waals surface area contributed by atoms with Crippen molar-refractivity contribution in [1.82, 2.24) is 10.2 Å². The molecule has 0 saturated carbocycles. The first-order valence-corrected chi connectivity index (χ1v) is 9.72. The van der Waals surface area contributed by atoms with E-state index in [0.717, 1.165) is 5.56 Å².